The van der Waals surface area contributed by atoms with Gasteiger partial charge in [0, 0.05) is 10.6 Å². The lowest BCUT2D eigenvalue weighted by molar-refractivity contribution is -0.115. The molecule has 2 aromatic rings. The zero-order valence-corrected chi connectivity index (χ0v) is 10.3. The fourth-order valence-corrected chi connectivity index (χ4v) is 1.94. The van der Waals surface area contributed by atoms with Crippen LogP contribution in [-0.4, -0.2) is 12.2 Å². The topological polar surface area (TPSA) is 42.2 Å². The number of anilines is 1. The number of thioether (sulfide) groups is 1. The number of furan rings is 1. The Morgan fingerprint density at radius 3 is 2.94 bits per heavy atom. The molecule has 3 nitrogen and oxygen atoms in total. The number of nitrogens with one attached hydrogen (secondary N) is 1. The van der Waals surface area contributed by atoms with Gasteiger partial charge in [0.05, 0.1) is 12.7 Å². The minimum Gasteiger partial charge on any atom is -0.469 e. The third-order valence-electron chi connectivity index (χ3n) is 2.27. The normalized spacial score (nSPS) is 10.2. The van der Waals surface area contributed by atoms with E-state index in [2.05, 4.69) is 5.32 Å². The number of benzene rings is 1. The molecular weight excluding hydrogens is 234 g/mol. The van der Waals surface area contributed by atoms with Crippen LogP contribution in [-0.2, 0) is 11.2 Å². The lowest BCUT2D eigenvalue weighted by atomic mass is 10.3. The zero-order valence-electron chi connectivity index (χ0n) is 9.47. The van der Waals surface area contributed by atoms with Gasteiger partial charge in [-0.1, -0.05) is 6.07 Å². The highest BCUT2D eigenvalue weighted by atomic mass is 32.2. The van der Waals surface area contributed by atoms with Gasteiger partial charge >= 0.3 is 0 Å². The van der Waals surface area contributed by atoms with E-state index in [9.17, 15) is 4.79 Å². The van der Waals surface area contributed by atoms with Gasteiger partial charge in [0.25, 0.3) is 0 Å². The summed E-state index contributed by atoms with van der Waals surface area (Å²) in [4.78, 5) is 12.8. The van der Waals surface area contributed by atoms with Crippen molar-refractivity contribution in [2.75, 3.05) is 11.6 Å². The van der Waals surface area contributed by atoms with Crippen LogP contribution in [0.5, 0.6) is 0 Å². The number of carbonyl (C=O) groups excluding carboxylic acids is 1. The fourth-order valence-electron chi connectivity index (χ4n) is 1.48. The molecule has 0 saturated carbocycles. The molecule has 1 heterocycles. The maximum Gasteiger partial charge on any atom is 0.231 e. The summed E-state index contributed by atoms with van der Waals surface area (Å²) in [5.41, 5.74) is 0.813. The Labute approximate surface area is 104 Å². The first-order valence-electron chi connectivity index (χ1n) is 5.24. The number of carbonyl (C=O) groups is 1. The highest BCUT2D eigenvalue weighted by Gasteiger charge is 2.06. The van der Waals surface area contributed by atoms with E-state index in [1.165, 1.54) is 0 Å². The summed E-state index contributed by atoms with van der Waals surface area (Å²) in [6, 6.07) is 11.3. The van der Waals surface area contributed by atoms with Gasteiger partial charge in [-0.05, 0) is 36.6 Å². The van der Waals surface area contributed by atoms with E-state index < -0.39 is 0 Å². The molecule has 1 aromatic carbocycles. The Hall–Kier alpha value is -1.68. The molecular formula is C13H13NO2S. The minimum absolute atomic E-state index is 0.0711. The molecule has 1 amide bonds. The zero-order chi connectivity index (χ0) is 12.1. The maximum atomic E-state index is 11.7. The van der Waals surface area contributed by atoms with Gasteiger partial charge in [0.1, 0.15) is 5.76 Å². The third-order valence-corrected chi connectivity index (χ3v) is 2.99. The number of amides is 1. The van der Waals surface area contributed by atoms with Gasteiger partial charge in [-0.2, -0.15) is 0 Å². The van der Waals surface area contributed by atoms with Crippen LogP contribution in [0.25, 0.3) is 0 Å². The van der Waals surface area contributed by atoms with Crippen molar-refractivity contribution < 1.29 is 9.21 Å². The van der Waals surface area contributed by atoms with Gasteiger partial charge in [-0.3, -0.25) is 4.79 Å². The molecule has 1 N–H and O–H groups in total. The Morgan fingerprint density at radius 2 is 2.24 bits per heavy atom. The first-order valence-corrected chi connectivity index (χ1v) is 6.46. The lowest BCUT2D eigenvalue weighted by Gasteiger charge is -2.05. The molecule has 0 bridgehead atoms. The summed E-state index contributed by atoms with van der Waals surface area (Å²) in [6.07, 6.45) is 3.83. The average Bonchev–Trinajstić information content (AvgIpc) is 2.82. The monoisotopic (exact) mass is 247 g/mol. The fraction of sp³-hybridized carbons (Fsp3) is 0.154. The van der Waals surface area contributed by atoms with Crippen molar-refractivity contribution in [3.05, 3.63) is 48.4 Å². The van der Waals surface area contributed by atoms with Crippen LogP contribution >= 0.6 is 11.8 Å². The van der Waals surface area contributed by atoms with Gasteiger partial charge in [0.2, 0.25) is 5.91 Å². The standard InChI is InChI=1S/C13H13NO2S/c1-17-12-6-2-4-10(8-12)14-13(15)9-11-5-3-7-16-11/h2-8H,9H2,1H3,(H,14,15). The van der Waals surface area contributed by atoms with E-state index in [1.807, 2.05) is 30.5 Å². The van der Waals surface area contributed by atoms with E-state index in [-0.39, 0.29) is 12.3 Å². The van der Waals surface area contributed by atoms with Gasteiger partial charge in [0.15, 0.2) is 0 Å². The van der Waals surface area contributed by atoms with E-state index in [0.29, 0.717) is 5.76 Å². The number of rotatable bonds is 4. The number of hydrogen-bond acceptors (Lipinski definition) is 3. The van der Waals surface area contributed by atoms with E-state index in [4.69, 9.17) is 4.42 Å². The van der Waals surface area contributed by atoms with Crippen LogP contribution in [0.2, 0.25) is 0 Å². The predicted octanol–water partition coefficient (Wildman–Crippen LogP) is 3.18. The molecule has 17 heavy (non-hydrogen) atoms. The molecule has 1 aromatic heterocycles. The molecule has 88 valence electrons. The Balaban J connectivity index is 1.98. The molecule has 2 rings (SSSR count). The summed E-state index contributed by atoms with van der Waals surface area (Å²) >= 11 is 1.65. The maximum absolute atomic E-state index is 11.7. The van der Waals surface area contributed by atoms with Crippen LogP contribution in [0.4, 0.5) is 5.69 Å². The number of hydrogen-bond donors (Lipinski definition) is 1. The highest BCUT2D eigenvalue weighted by Crippen LogP contribution is 2.19. The summed E-state index contributed by atoms with van der Waals surface area (Å²) in [5.74, 6) is 0.599. The van der Waals surface area contributed by atoms with Crippen LogP contribution in [0.1, 0.15) is 5.76 Å². The molecule has 0 aliphatic heterocycles. The van der Waals surface area contributed by atoms with Crippen LogP contribution in [0, 0.1) is 0 Å². The molecule has 0 atom stereocenters. The van der Waals surface area contributed by atoms with Crippen molar-refractivity contribution in [1.82, 2.24) is 0 Å². The van der Waals surface area contributed by atoms with Crippen molar-refractivity contribution in [1.29, 1.82) is 0 Å². The molecule has 0 fully saturated rings. The molecule has 0 saturated heterocycles. The first kappa shape index (κ1) is 11.8. The van der Waals surface area contributed by atoms with E-state index in [0.717, 1.165) is 10.6 Å². The quantitative estimate of drug-likeness (QED) is 0.844. The van der Waals surface area contributed by atoms with Crippen molar-refractivity contribution in [2.45, 2.75) is 11.3 Å². The summed E-state index contributed by atoms with van der Waals surface area (Å²) in [6.45, 7) is 0. The second kappa shape index (κ2) is 5.59. The van der Waals surface area contributed by atoms with Crippen molar-refractivity contribution >= 4 is 23.4 Å². The summed E-state index contributed by atoms with van der Waals surface area (Å²) < 4.78 is 5.12. The van der Waals surface area contributed by atoms with E-state index in [1.54, 1.807) is 30.2 Å². The van der Waals surface area contributed by atoms with Gasteiger partial charge in [-0.25, -0.2) is 0 Å². The third kappa shape index (κ3) is 3.39. The lowest BCUT2D eigenvalue weighted by Crippen LogP contribution is -2.13. The van der Waals surface area contributed by atoms with Crippen molar-refractivity contribution in [3.63, 3.8) is 0 Å². The predicted molar refractivity (Wildman–Crippen MR) is 69.3 cm³/mol. The SMILES string of the molecule is CSc1cccc(NC(=O)Cc2ccco2)c1. The second-order valence-electron chi connectivity index (χ2n) is 3.54. The molecule has 0 unspecified atom stereocenters. The van der Waals surface area contributed by atoms with Crippen LogP contribution in [0.3, 0.4) is 0 Å². The Morgan fingerprint density at radius 1 is 1.35 bits per heavy atom. The minimum atomic E-state index is -0.0711. The molecule has 4 heteroatoms. The van der Waals surface area contributed by atoms with Gasteiger partial charge in [-0.15, -0.1) is 11.8 Å². The molecule has 0 radical (unpaired) electrons. The molecule has 0 aliphatic carbocycles. The largest absolute Gasteiger partial charge is 0.469 e. The summed E-state index contributed by atoms with van der Waals surface area (Å²) in [5, 5.41) is 2.84. The summed E-state index contributed by atoms with van der Waals surface area (Å²) in [7, 11) is 0. The first-order chi connectivity index (χ1) is 8.28. The van der Waals surface area contributed by atoms with E-state index >= 15 is 0 Å². The molecule has 0 spiro atoms. The van der Waals surface area contributed by atoms with Crippen molar-refractivity contribution in [2.24, 2.45) is 0 Å². The Bertz CT molecular complexity index is 494. The van der Waals surface area contributed by atoms with Crippen LogP contribution in [0.15, 0.2) is 52.0 Å². The smallest absolute Gasteiger partial charge is 0.231 e. The van der Waals surface area contributed by atoms with Crippen LogP contribution < -0.4 is 5.32 Å². The second-order valence-corrected chi connectivity index (χ2v) is 4.42. The molecule has 0 aliphatic rings. The highest BCUT2D eigenvalue weighted by molar-refractivity contribution is 7.98. The Kier molecular flexibility index (Phi) is 3.88. The average molecular weight is 247 g/mol. The van der Waals surface area contributed by atoms with Crippen molar-refractivity contribution in [3.8, 4) is 0 Å². The van der Waals surface area contributed by atoms with Gasteiger partial charge < -0.3 is 9.73 Å².